The third-order valence-corrected chi connectivity index (χ3v) is 3.55. The summed E-state index contributed by atoms with van der Waals surface area (Å²) in [6.07, 6.45) is 4.94. The van der Waals surface area contributed by atoms with Crippen molar-refractivity contribution in [3.05, 3.63) is 18.5 Å². The van der Waals surface area contributed by atoms with Crippen LogP contribution in [0.25, 0.3) is 0 Å². The van der Waals surface area contributed by atoms with Gasteiger partial charge in [0.15, 0.2) is 0 Å². The number of halogens is 3. The molecule has 2 heterocycles. The molecule has 10 heteroatoms. The van der Waals surface area contributed by atoms with E-state index in [1.165, 1.54) is 0 Å². The first-order chi connectivity index (χ1) is 10.3. The number of nitrogens with zero attached hydrogens (tertiary/aromatic N) is 4. The molecule has 0 atom stereocenters. The minimum Gasteiger partial charge on any atom is -0.356 e. The van der Waals surface area contributed by atoms with Crippen LogP contribution >= 0.6 is 37.2 Å². The first kappa shape index (κ1) is 25.4. The van der Waals surface area contributed by atoms with Crippen LogP contribution in [0.3, 0.4) is 0 Å². The Morgan fingerprint density at radius 2 is 1.75 bits per heavy atom. The van der Waals surface area contributed by atoms with Gasteiger partial charge in [-0.2, -0.15) is 0 Å². The molecule has 0 aliphatic carbocycles. The summed E-state index contributed by atoms with van der Waals surface area (Å²) < 4.78 is 0. The molecule has 0 aromatic carbocycles. The van der Waals surface area contributed by atoms with Gasteiger partial charge in [-0.25, -0.2) is 9.97 Å². The van der Waals surface area contributed by atoms with E-state index in [4.69, 9.17) is 5.73 Å². The van der Waals surface area contributed by atoms with Crippen LogP contribution < -0.4 is 16.0 Å². The molecule has 0 spiro atoms. The van der Waals surface area contributed by atoms with Gasteiger partial charge in [-0.3, -0.25) is 9.69 Å². The molecule has 1 aliphatic rings. The maximum absolute atomic E-state index is 11.3. The van der Waals surface area contributed by atoms with Crippen LogP contribution in [0.15, 0.2) is 18.5 Å². The van der Waals surface area contributed by atoms with Crippen molar-refractivity contribution in [2.24, 2.45) is 5.73 Å². The molecule has 7 nitrogen and oxygen atoms in total. The average Bonchev–Trinajstić information content (AvgIpc) is 2.53. The molecule has 140 valence electrons. The fourth-order valence-electron chi connectivity index (χ4n) is 2.38. The highest BCUT2D eigenvalue weighted by Gasteiger charge is 2.18. The van der Waals surface area contributed by atoms with Gasteiger partial charge in [0, 0.05) is 58.1 Å². The molecule has 1 aromatic rings. The minimum atomic E-state index is 0. The van der Waals surface area contributed by atoms with Crippen LogP contribution in [0.1, 0.15) is 12.8 Å². The van der Waals surface area contributed by atoms with E-state index >= 15 is 0 Å². The van der Waals surface area contributed by atoms with Crippen LogP contribution in [0.4, 0.5) is 5.95 Å². The number of rotatable bonds is 7. The molecule has 1 amide bonds. The summed E-state index contributed by atoms with van der Waals surface area (Å²) in [7, 11) is 0. The van der Waals surface area contributed by atoms with E-state index in [0.29, 0.717) is 13.0 Å². The van der Waals surface area contributed by atoms with Crippen LogP contribution in [-0.4, -0.2) is 66.6 Å². The number of nitrogens with one attached hydrogen (secondary N) is 1. The molecule has 2 rings (SSSR count). The second-order valence-corrected chi connectivity index (χ2v) is 5.12. The van der Waals surface area contributed by atoms with Gasteiger partial charge in [0.05, 0.1) is 0 Å². The zero-order chi connectivity index (χ0) is 14.9. The number of carbonyl (C=O) groups is 1. The number of amides is 1. The molecule has 1 aliphatic heterocycles. The number of anilines is 1. The molecule has 0 saturated carbocycles. The summed E-state index contributed by atoms with van der Waals surface area (Å²) in [6, 6.07) is 1.83. The van der Waals surface area contributed by atoms with Crippen LogP contribution in [0.2, 0.25) is 0 Å². The van der Waals surface area contributed by atoms with Gasteiger partial charge in [-0.1, -0.05) is 0 Å². The molecule has 24 heavy (non-hydrogen) atoms. The predicted octanol–water partition coefficient (Wildman–Crippen LogP) is 0.719. The molecule has 1 saturated heterocycles. The number of nitrogens with two attached hydrogens (primary N) is 1. The summed E-state index contributed by atoms with van der Waals surface area (Å²) in [4.78, 5) is 24.4. The quantitative estimate of drug-likeness (QED) is 0.655. The van der Waals surface area contributed by atoms with E-state index in [2.05, 4.69) is 25.1 Å². The van der Waals surface area contributed by atoms with Crippen LogP contribution in [0.5, 0.6) is 0 Å². The van der Waals surface area contributed by atoms with E-state index in [1.54, 1.807) is 12.4 Å². The highest BCUT2D eigenvalue weighted by molar-refractivity contribution is 5.86. The number of piperazine rings is 1. The lowest BCUT2D eigenvalue weighted by Crippen LogP contribution is -2.47. The Labute approximate surface area is 162 Å². The summed E-state index contributed by atoms with van der Waals surface area (Å²) >= 11 is 0. The summed E-state index contributed by atoms with van der Waals surface area (Å²) in [5.74, 6) is 0.856. The van der Waals surface area contributed by atoms with Crippen molar-refractivity contribution in [3.63, 3.8) is 0 Å². The second-order valence-electron chi connectivity index (χ2n) is 5.12. The van der Waals surface area contributed by atoms with E-state index in [9.17, 15) is 4.79 Å². The van der Waals surface area contributed by atoms with Gasteiger partial charge in [0.25, 0.3) is 0 Å². The van der Waals surface area contributed by atoms with E-state index in [-0.39, 0.29) is 43.1 Å². The van der Waals surface area contributed by atoms with Gasteiger partial charge in [0.1, 0.15) is 0 Å². The first-order valence-corrected chi connectivity index (χ1v) is 7.50. The molecule has 1 aromatic heterocycles. The number of aromatic nitrogens is 2. The minimum absolute atomic E-state index is 0. The number of hydrogen-bond donors (Lipinski definition) is 2. The fraction of sp³-hybridized carbons (Fsp3) is 0.643. The Kier molecular flexibility index (Phi) is 15.3. The summed E-state index contributed by atoms with van der Waals surface area (Å²) in [6.45, 7) is 6.06. The monoisotopic (exact) mass is 400 g/mol. The van der Waals surface area contributed by atoms with E-state index in [0.717, 1.165) is 51.6 Å². The smallest absolute Gasteiger partial charge is 0.225 e. The van der Waals surface area contributed by atoms with Crippen molar-refractivity contribution in [2.45, 2.75) is 12.8 Å². The topological polar surface area (TPSA) is 87.4 Å². The Morgan fingerprint density at radius 1 is 1.12 bits per heavy atom. The van der Waals surface area contributed by atoms with Gasteiger partial charge < -0.3 is 16.0 Å². The molecule has 1 fully saturated rings. The standard InChI is InChI=1S/C14H24N6O.3ClH/c15-4-3-13(21)16-7-2-8-19-9-11-20(12-10-19)14-17-5-1-6-18-14;;;/h1,5-6H,2-4,7-12,15H2,(H,16,21);3*1H. The van der Waals surface area contributed by atoms with Crippen molar-refractivity contribution < 1.29 is 4.79 Å². The normalized spacial score (nSPS) is 14.0. The Morgan fingerprint density at radius 3 is 2.33 bits per heavy atom. The zero-order valence-corrected chi connectivity index (χ0v) is 16.0. The first-order valence-electron chi connectivity index (χ1n) is 7.50. The largest absolute Gasteiger partial charge is 0.356 e. The van der Waals surface area contributed by atoms with Crippen molar-refractivity contribution >= 4 is 49.1 Å². The van der Waals surface area contributed by atoms with Crippen molar-refractivity contribution in [3.8, 4) is 0 Å². The van der Waals surface area contributed by atoms with Gasteiger partial charge >= 0.3 is 0 Å². The second kappa shape index (κ2) is 14.5. The Balaban J connectivity index is 0. The van der Waals surface area contributed by atoms with E-state index in [1.807, 2.05) is 6.07 Å². The average molecular weight is 402 g/mol. The molecule has 0 unspecified atom stereocenters. The highest BCUT2D eigenvalue weighted by atomic mass is 35.5. The van der Waals surface area contributed by atoms with Gasteiger partial charge in [-0.05, 0) is 19.0 Å². The third-order valence-electron chi connectivity index (χ3n) is 3.55. The molecule has 0 radical (unpaired) electrons. The van der Waals surface area contributed by atoms with Crippen molar-refractivity contribution in [1.29, 1.82) is 0 Å². The molecule has 3 N–H and O–H groups in total. The SMILES string of the molecule is Cl.Cl.Cl.NCCC(=O)NCCCN1CCN(c2ncccn2)CC1. The lowest BCUT2D eigenvalue weighted by Gasteiger charge is -2.34. The Hall–Kier alpha value is -0.860. The maximum Gasteiger partial charge on any atom is 0.225 e. The summed E-state index contributed by atoms with van der Waals surface area (Å²) in [5, 5.41) is 2.88. The van der Waals surface area contributed by atoms with Crippen molar-refractivity contribution in [1.82, 2.24) is 20.2 Å². The lowest BCUT2D eigenvalue weighted by atomic mass is 10.3. The van der Waals surface area contributed by atoms with Crippen molar-refractivity contribution in [2.75, 3.05) is 50.7 Å². The van der Waals surface area contributed by atoms with Crippen LogP contribution in [0, 0.1) is 0 Å². The number of carbonyl (C=O) groups excluding carboxylic acids is 1. The highest BCUT2D eigenvalue weighted by Crippen LogP contribution is 2.09. The maximum atomic E-state index is 11.3. The zero-order valence-electron chi connectivity index (χ0n) is 13.6. The third kappa shape index (κ3) is 8.84. The number of hydrogen-bond acceptors (Lipinski definition) is 6. The molecule has 0 bridgehead atoms. The van der Waals surface area contributed by atoms with Crippen LogP contribution in [-0.2, 0) is 4.79 Å². The lowest BCUT2D eigenvalue weighted by molar-refractivity contribution is -0.120. The van der Waals surface area contributed by atoms with Gasteiger partial charge in [-0.15, -0.1) is 37.2 Å². The fourth-order valence-corrected chi connectivity index (χ4v) is 2.38. The predicted molar refractivity (Wildman–Crippen MR) is 104 cm³/mol. The van der Waals surface area contributed by atoms with E-state index < -0.39 is 0 Å². The Bertz CT molecular complexity index is 432. The molecular weight excluding hydrogens is 375 g/mol. The summed E-state index contributed by atoms with van der Waals surface area (Å²) in [5.41, 5.74) is 5.33. The molecular formula is C14H27Cl3N6O. The van der Waals surface area contributed by atoms with Gasteiger partial charge in [0.2, 0.25) is 11.9 Å².